The molecule has 4 nitrogen and oxygen atoms in total. The summed E-state index contributed by atoms with van der Waals surface area (Å²) in [5.74, 6) is 1.52. The molecule has 2 aromatic rings. The highest BCUT2D eigenvalue weighted by molar-refractivity contribution is 5.80. The predicted octanol–water partition coefficient (Wildman–Crippen LogP) is 3.65. The van der Waals surface area contributed by atoms with Crippen LogP contribution in [0.5, 0.6) is 5.75 Å². The summed E-state index contributed by atoms with van der Waals surface area (Å²) in [4.78, 5) is 4.49. The maximum absolute atomic E-state index is 9.55. The topological polar surface area (TPSA) is 71.9 Å². The van der Waals surface area contributed by atoms with Gasteiger partial charge >= 0.3 is 0 Å². The van der Waals surface area contributed by atoms with E-state index in [1.165, 1.54) is 5.56 Å². The van der Waals surface area contributed by atoms with E-state index in [0.717, 1.165) is 41.8 Å². The first kappa shape index (κ1) is 14.4. The molecule has 1 heterocycles. The number of nitrogens with zero attached hydrogens (tertiary/aromatic N) is 2. The number of rotatable bonds is 2. The van der Waals surface area contributed by atoms with Crippen molar-refractivity contribution in [2.24, 2.45) is 0 Å². The Morgan fingerprint density at radius 2 is 2.05 bits per heavy atom. The zero-order chi connectivity index (χ0) is 15.7. The molecule has 0 bridgehead atoms. The number of fused-ring (bicyclic) bond motifs is 1. The number of benzene rings is 1. The minimum Gasteiger partial charge on any atom is -0.497 e. The average molecular weight is 293 g/mol. The van der Waals surface area contributed by atoms with Gasteiger partial charge in [-0.3, -0.25) is 0 Å². The lowest BCUT2D eigenvalue weighted by molar-refractivity contribution is 0.415. The maximum Gasteiger partial charge on any atom is 0.142 e. The fourth-order valence-electron chi connectivity index (χ4n) is 3.28. The van der Waals surface area contributed by atoms with Gasteiger partial charge in [-0.25, -0.2) is 4.98 Å². The number of hydrogen-bond donors (Lipinski definition) is 1. The van der Waals surface area contributed by atoms with Gasteiger partial charge in [0.15, 0.2) is 0 Å². The van der Waals surface area contributed by atoms with Crippen molar-refractivity contribution in [3.8, 4) is 22.9 Å². The zero-order valence-electron chi connectivity index (χ0n) is 12.9. The fourth-order valence-corrected chi connectivity index (χ4v) is 3.28. The molecule has 0 spiro atoms. The first-order valence-electron chi connectivity index (χ1n) is 7.52. The number of nitrogens with two attached hydrogens (primary N) is 1. The Hall–Kier alpha value is -2.54. The van der Waals surface area contributed by atoms with Crippen LogP contribution in [0, 0.1) is 11.3 Å². The van der Waals surface area contributed by atoms with E-state index in [1.807, 2.05) is 24.3 Å². The number of anilines is 1. The number of methoxy groups -OCH3 is 1. The van der Waals surface area contributed by atoms with E-state index >= 15 is 0 Å². The monoisotopic (exact) mass is 293 g/mol. The van der Waals surface area contributed by atoms with Crippen molar-refractivity contribution < 1.29 is 4.74 Å². The van der Waals surface area contributed by atoms with Crippen LogP contribution in [-0.4, -0.2) is 12.1 Å². The van der Waals surface area contributed by atoms with Crippen molar-refractivity contribution in [1.82, 2.24) is 4.98 Å². The maximum atomic E-state index is 9.55. The summed E-state index contributed by atoms with van der Waals surface area (Å²) in [7, 11) is 1.64. The second kappa shape index (κ2) is 5.69. The molecule has 1 aliphatic carbocycles. The van der Waals surface area contributed by atoms with Crippen LogP contribution >= 0.6 is 0 Å². The second-order valence-electron chi connectivity index (χ2n) is 5.74. The van der Waals surface area contributed by atoms with Gasteiger partial charge in [0.25, 0.3) is 0 Å². The third-order valence-corrected chi connectivity index (χ3v) is 4.38. The highest BCUT2D eigenvalue weighted by atomic mass is 16.5. The highest BCUT2D eigenvalue weighted by Crippen LogP contribution is 2.41. The largest absolute Gasteiger partial charge is 0.497 e. The van der Waals surface area contributed by atoms with Crippen LogP contribution in [0.3, 0.4) is 0 Å². The summed E-state index contributed by atoms with van der Waals surface area (Å²) in [6.07, 6.45) is 3.17. The van der Waals surface area contributed by atoms with E-state index in [9.17, 15) is 5.26 Å². The number of nitriles is 1. The molecular weight excluding hydrogens is 274 g/mol. The molecule has 4 heteroatoms. The Labute approximate surface area is 130 Å². The molecule has 0 amide bonds. The van der Waals surface area contributed by atoms with E-state index in [2.05, 4.69) is 18.0 Å². The lowest BCUT2D eigenvalue weighted by atomic mass is 9.80. The van der Waals surface area contributed by atoms with E-state index in [0.29, 0.717) is 17.3 Å². The van der Waals surface area contributed by atoms with E-state index in [-0.39, 0.29) is 0 Å². The lowest BCUT2D eigenvalue weighted by Gasteiger charge is -2.26. The second-order valence-corrected chi connectivity index (χ2v) is 5.74. The number of aryl methyl sites for hydroxylation is 1. The van der Waals surface area contributed by atoms with Crippen LogP contribution in [0.2, 0.25) is 0 Å². The third-order valence-electron chi connectivity index (χ3n) is 4.38. The molecule has 0 fully saturated rings. The van der Waals surface area contributed by atoms with Gasteiger partial charge in [0.05, 0.1) is 7.11 Å². The minimum absolute atomic E-state index is 0.334. The van der Waals surface area contributed by atoms with Crippen LogP contribution in [0.25, 0.3) is 11.1 Å². The summed E-state index contributed by atoms with van der Waals surface area (Å²) < 4.78 is 5.22. The number of ether oxygens (including phenoxy) is 1. The SMILES string of the molecule is COc1ccc(-c2c(C#N)c(N)nc3c2[C@H](C)CCC3)cc1. The van der Waals surface area contributed by atoms with E-state index in [4.69, 9.17) is 10.5 Å². The summed E-state index contributed by atoms with van der Waals surface area (Å²) in [5.41, 5.74) is 10.7. The van der Waals surface area contributed by atoms with Crippen molar-refractivity contribution in [3.05, 3.63) is 41.1 Å². The zero-order valence-corrected chi connectivity index (χ0v) is 12.9. The van der Waals surface area contributed by atoms with E-state index in [1.54, 1.807) is 7.11 Å². The lowest BCUT2D eigenvalue weighted by Crippen LogP contribution is -2.14. The summed E-state index contributed by atoms with van der Waals surface area (Å²) in [5, 5.41) is 9.55. The van der Waals surface area contributed by atoms with Gasteiger partial charge in [-0.15, -0.1) is 0 Å². The van der Waals surface area contributed by atoms with Crippen LogP contribution in [0.15, 0.2) is 24.3 Å². The molecule has 0 aliphatic heterocycles. The summed E-state index contributed by atoms with van der Waals surface area (Å²) in [6.45, 7) is 2.20. The van der Waals surface area contributed by atoms with Crippen molar-refractivity contribution >= 4 is 5.82 Å². The van der Waals surface area contributed by atoms with E-state index < -0.39 is 0 Å². The standard InChI is InChI=1S/C18H19N3O/c1-11-4-3-5-15-16(11)17(14(10-19)18(20)21-15)12-6-8-13(22-2)9-7-12/h6-9,11H,3-5H2,1-2H3,(H2,20,21)/t11-/m1/s1. The van der Waals surface area contributed by atoms with Gasteiger partial charge in [0, 0.05) is 11.3 Å². The molecule has 1 aromatic heterocycles. The summed E-state index contributed by atoms with van der Waals surface area (Å²) in [6, 6.07) is 10.0. The molecule has 2 N–H and O–H groups in total. The Morgan fingerprint density at radius 3 is 2.68 bits per heavy atom. The number of nitrogen functional groups attached to an aromatic ring is 1. The smallest absolute Gasteiger partial charge is 0.142 e. The van der Waals surface area contributed by atoms with Crippen molar-refractivity contribution in [2.75, 3.05) is 12.8 Å². The molecule has 22 heavy (non-hydrogen) atoms. The van der Waals surface area contributed by atoms with Crippen molar-refractivity contribution in [3.63, 3.8) is 0 Å². The number of aromatic nitrogens is 1. The fraction of sp³-hybridized carbons (Fsp3) is 0.333. The third kappa shape index (κ3) is 2.29. The Kier molecular flexibility index (Phi) is 3.72. The molecule has 1 aromatic carbocycles. The number of hydrogen-bond acceptors (Lipinski definition) is 4. The van der Waals surface area contributed by atoms with Crippen LogP contribution in [0.1, 0.15) is 42.5 Å². The molecule has 3 rings (SSSR count). The summed E-state index contributed by atoms with van der Waals surface area (Å²) >= 11 is 0. The Morgan fingerprint density at radius 1 is 1.32 bits per heavy atom. The average Bonchev–Trinajstić information content (AvgIpc) is 2.54. The predicted molar refractivity (Wildman–Crippen MR) is 86.7 cm³/mol. The molecule has 0 radical (unpaired) electrons. The van der Waals surface area contributed by atoms with Gasteiger partial charge in [-0.2, -0.15) is 5.26 Å². The first-order chi connectivity index (χ1) is 10.7. The molecule has 0 unspecified atom stereocenters. The molecule has 1 aliphatic rings. The van der Waals surface area contributed by atoms with Crippen LogP contribution < -0.4 is 10.5 Å². The Balaban J connectivity index is 2.28. The van der Waals surface area contributed by atoms with Gasteiger partial charge < -0.3 is 10.5 Å². The minimum atomic E-state index is 0.334. The molecule has 112 valence electrons. The van der Waals surface area contributed by atoms with Crippen LogP contribution in [-0.2, 0) is 6.42 Å². The molecule has 1 atom stereocenters. The van der Waals surface area contributed by atoms with Crippen molar-refractivity contribution in [2.45, 2.75) is 32.1 Å². The van der Waals surface area contributed by atoms with Gasteiger partial charge in [-0.05, 0) is 48.4 Å². The van der Waals surface area contributed by atoms with Crippen LogP contribution in [0.4, 0.5) is 5.82 Å². The van der Waals surface area contributed by atoms with Gasteiger partial charge in [0.1, 0.15) is 23.2 Å². The first-order valence-corrected chi connectivity index (χ1v) is 7.52. The highest BCUT2D eigenvalue weighted by Gasteiger charge is 2.26. The molecule has 0 saturated carbocycles. The van der Waals surface area contributed by atoms with Gasteiger partial charge in [0.2, 0.25) is 0 Å². The quantitative estimate of drug-likeness (QED) is 0.917. The normalized spacial score (nSPS) is 16.7. The van der Waals surface area contributed by atoms with Crippen molar-refractivity contribution in [1.29, 1.82) is 5.26 Å². The Bertz CT molecular complexity index is 744. The van der Waals surface area contributed by atoms with Gasteiger partial charge in [-0.1, -0.05) is 19.1 Å². The molecule has 0 saturated heterocycles. The number of pyridine rings is 1. The molecular formula is C18H19N3O.